The van der Waals surface area contributed by atoms with Crippen molar-refractivity contribution in [2.24, 2.45) is 17.8 Å². The average molecular weight is 603 g/mol. The lowest BCUT2D eigenvalue weighted by atomic mass is 9.72. The Balaban J connectivity index is 1.60. The molecule has 4 aromatic carbocycles. The van der Waals surface area contributed by atoms with Crippen LogP contribution in [0.25, 0.3) is 0 Å². The molecule has 4 aromatic rings. The molecule has 5 heteroatoms. The van der Waals surface area contributed by atoms with Gasteiger partial charge in [-0.2, -0.15) is 0 Å². The predicted molar refractivity (Wildman–Crippen MR) is 184 cm³/mol. The summed E-state index contributed by atoms with van der Waals surface area (Å²) < 4.78 is 13.7. The number of hydrogen-bond acceptors (Lipinski definition) is 5. The van der Waals surface area contributed by atoms with Crippen LogP contribution < -0.4 is 15.0 Å². The quantitative estimate of drug-likeness (QED) is 0.193. The number of hydrogen-bond donors (Lipinski definition) is 1. The van der Waals surface area contributed by atoms with E-state index in [9.17, 15) is 4.79 Å². The summed E-state index contributed by atoms with van der Waals surface area (Å²) >= 11 is 0. The summed E-state index contributed by atoms with van der Waals surface area (Å²) in [5.41, 5.74) is 9.09. The Morgan fingerprint density at radius 2 is 1.38 bits per heavy atom. The van der Waals surface area contributed by atoms with Gasteiger partial charge >= 0.3 is 5.97 Å². The second-order valence-corrected chi connectivity index (χ2v) is 14.2. The van der Waals surface area contributed by atoms with E-state index in [0.29, 0.717) is 29.1 Å². The molecular weight excluding hydrogens is 556 g/mol. The molecule has 0 fully saturated rings. The van der Waals surface area contributed by atoms with Crippen molar-refractivity contribution in [3.05, 3.63) is 112 Å². The SMILES string of the molecule is CC(C)Cc1cc(CC(C)C)c2c(c1CC(C)C)C1(OC(=O)c3ccccc31)c1ccc(Nc3ccc(N(C)C)cc3)cc1O2. The van der Waals surface area contributed by atoms with Gasteiger partial charge in [-0.05, 0) is 96.2 Å². The van der Waals surface area contributed by atoms with E-state index in [1.54, 1.807) is 0 Å². The first-order chi connectivity index (χ1) is 21.5. The zero-order valence-corrected chi connectivity index (χ0v) is 28.0. The second kappa shape index (κ2) is 11.9. The minimum atomic E-state index is -1.09. The molecule has 6 rings (SSSR count). The number of nitrogens with one attached hydrogen (secondary N) is 1. The van der Waals surface area contributed by atoms with E-state index in [4.69, 9.17) is 9.47 Å². The molecule has 1 spiro atoms. The van der Waals surface area contributed by atoms with Gasteiger partial charge in [0.25, 0.3) is 0 Å². The van der Waals surface area contributed by atoms with Gasteiger partial charge in [-0.1, -0.05) is 65.8 Å². The summed E-state index contributed by atoms with van der Waals surface area (Å²) in [5, 5.41) is 3.56. The molecule has 0 saturated carbocycles. The van der Waals surface area contributed by atoms with Crippen LogP contribution in [-0.4, -0.2) is 20.1 Å². The average Bonchev–Trinajstić information content (AvgIpc) is 3.27. The normalized spacial score (nSPS) is 16.5. The van der Waals surface area contributed by atoms with Crippen LogP contribution in [0, 0.1) is 17.8 Å². The minimum Gasteiger partial charge on any atom is -0.456 e. The topological polar surface area (TPSA) is 50.8 Å². The standard InChI is InChI=1S/C40H46N2O3/c1-24(2)19-27-22-28(20-25(3)4)38-37(33(27)21-26(5)6)40(34-12-10-9-11-32(34)39(43)45-40)35-18-15-30(23-36(35)44-38)41-29-13-16-31(17-14-29)42(7)8/h9-18,22-26,41H,19-21H2,1-8H3. The van der Waals surface area contributed by atoms with Gasteiger partial charge in [0.1, 0.15) is 11.5 Å². The molecule has 1 unspecified atom stereocenters. The van der Waals surface area contributed by atoms with E-state index in [-0.39, 0.29) is 5.97 Å². The van der Waals surface area contributed by atoms with Crippen molar-refractivity contribution < 1.29 is 14.3 Å². The van der Waals surface area contributed by atoms with E-state index in [1.165, 1.54) is 16.7 Å². The summed E-state index contributed by atoms with van der Waals surface area (Å²) in [6, 6.07) is 24.8. The van der Waals surface area contributed by atoms with E-state index in [2.05, 4.69) is 106 Å². The third-order valence-electron chi connectivity index (χ3n) is 8.79. The Morgan fingerprint density at radius 1 is 0.733 bits per heavy atom. The molecule has 0 saturated heterocycles. The lowest BCUT2D eigenvalue weighted by molar-refractivity contribution is 0.0220. The Bertz CT molecular complexity index is 1740. The molecule has 1 N–H and O–H groups in total. The summed E-state index contributed by atoms with van der Waals surface area (Å²) in [6.07, 6.45) is 2.69. The van der Waals surface area contributed by atoms with Crippen LogP contribution in [0.15, 0.2) is 72.8 Å². The molecule has 2 aliphatic rings. The number of carbonyl (C=O) groups excluding carboxylic acids is 1. The van der Waals surface area contributed by atoms with Crippen LogP contribution in [0.2, 0.25) is 0 Å². The predicted octanol–water partition coefficient (Wildman–Crippen LogP) is 9.66. The Hall–Kier alpha value is -4.25. The Morgan fingerprint density at radius 3 is 2.04 bits per heavy atom. The van der Waals surface area contributed by atoms with Gasteiger partial charge < -0.3 is 19.7 Å². The van der Waals surface area contributed by atoms with E-state index in [1.807, 2.05) is 32.3 Å². The van der Waals surface area contributed by atoms with Gasteiger partial charge in [-0.15, -0.1) is 0 Å². The number of rotatable bonds is 9. The largest absolute Gasteiger partial charge is 0.456 e. The number of esters is 1. The fraction of sp³-hybridized carbons (Fsp3) is 0.375. The van der Waals surface area contributed by atoms with E-state index >= 15 is 0 Å². The van der Waals surface area contributed by atoms with Crippen molar-refractivity contribution in [3.8, 4) is 11.5 Å². The number of ether oxygens (including phenoxy) is 2. The van der Waals surface area contributed by atoms with Gasteiger partial charge in [0.15, 0.2) is 5.60 Å². The first-order valence-corrected chi connectivity index (χ1v) is 16.4. The van der Waals surface area contributed by atoms with Crippen molar-refractivity contribution in [2.75, 3.05) is 24.3 Å². The van der Waals surface area contributed by atoms with Crippen molar-refractivity contribution in [1.82, 2.24) is 0 Å². The molecule has 0 bridgehead atoms. The molecular formula is C40H46N2O3. The number of carbonyl (C=O) groups is 1. The van der Waals surface area contributed by atoms with Gasteiger partial charge in [0.05, 0.1) is 11.1 Å². The zero-order chi connectivity index (χ0) is 32.0. The Labute approximate surface area is 268 Å². The number of fused-ring (bicyclic) bond motifs is 6. The van der Waals surface area contributed by atoms with Gasteiger partial charge in [-0.3, -0.25) is 0 Å². The lowest BCUT2D eigenvalue weighted by Gasteiger charge is -2.40. The molecule has 1 atom stereocenters. The Kier molecular flexibility index (Phi) is 8.15. The van der Waals surface area contributed by atoms with Crippen LogP contribution in [0.5, 0.6) is 11.5 Å². The lowest BCUT2D eigenvalue weighted by Crippen LogP contribution is -2.35. The second-order valence-electron chi connectivity index (χ2n) is 14.2. The number of nitrogens with zero attached hydrogens (tertiary/aromatic N) is 1. The first kappa shape index (κ1) is 30.8. The maximum Gasteiger partial charge on any atom is 0.340 e. The molecule has 0 radical (unpaired) electrons. The summed E-state index contributed by atoms with van der Waals surface area (Å²) in [5.74, 6) is 2.58. The van der Waals surface area contributed by atoms with Crippen molar-refractivity contribution >= 4 is 23.0 Å². The molecule has 0 amide bonds. The maximum absolute atomic E-state index is 13.7. The molecule has 5 nitrogen and oxygen atoms in total. The molecule has 2 aliphatic heterocycles. The zero-order valence-electron chi connectivity index (χ0n) is 28.0. The fourth-order valence-electron chi connectivity index (χ4n) is 7.00. The molecule has 45 heavy (non-hydrogen) atoms. The minimum absolute atomic E-state index is 0.289. The monoisotopic (exact) mass is 602 g/mol. The van der Waals surface area contributed by atoms with Gasteiger partial charge in [-0.25, -0.2) is 4.79 Å². The summed E-state index contributed by atoms with van der Waals surface area (Å²) in [4.78, 5) is 15.8. The van der Waals surface area contributed by atoms with Crippen molar-refractivity contribution in [3.63, 3.8) is 0 Å². The van der Waals surface area contributed by atoms with E-state index in [0.717, 1.165) is 58.8 Å². The van der Waals surface area contributed by atoms with E-state index < -0.39 is 5.60 Å². The van der Waals surface area contributed by atoms with Crippen molar-refractivity contribution in [2.45, 2.75) is 66.4 Å². The first-order valence-electron chi connectivity index (χ1n) is 16.4. The highest BCUT2D eigenvalue weighted by atomic mass is 16.6. The highest BCUT2D eigenvalue weighted by Gasteiger charge is 2.55. The van der Waals surface area contributed by atoms with Crippen LogP contribution in [0.1, 0.15) is 85.3 Å². The van der Waals surface area contributed by atoms with Crippen LogP contribution in [0.4, 0.5) is 17.1 Å². The molecule has 0 aliphatic carbocycles. The molecule has 234 valence electrons. The summed E-state index contributed by atoms with van der Waals surface area (Å²) in [7, 11) is 4.08. The summed E-state index contributed by atoms with van der Waals surface area (Å²) in [6.45, 7) is 13.6. The molecule has 2 heterocycles. The highest BCUT2D eigenvalue weighted by Crippen LogP contribution is 2.59. The fourth-order valence-corrected chi connectivity index (χ4v) is 7.00. The van der Waals surface area contributed by atoms with Gasteiger partial charge in [0, 0.05) is 48.4 Å². The third-order valence-corrected chi connectivity index (χ3v) is 8.79. The van der Waals surface area contributed by atoms with Crippen molar-refractivity contribution in [1.29, 1.82) is 0 Å². The maximum atomic E-state index is 13.7. The highest BCUT2D eigenvalue weighted by molar-refractivity contribution is 5.97. The number of anilines is 3. The van der Waals surface area contributed by atoms with Crippen LogP contribution >= 0.6 is 0 Å². The van der Waals surface area contributed by atoms with Gasteiger partial charge in [0.2, 0.25) is 0 Å². The molecule has 0 aromatic heterocycles. The van der Waals surface area contributed by atoms with Crippen LogP contribution in [0.3, 0.4) is 0 Å². The number of benzene rings is 4. The smallest absolute Gasteiger partial charge is 0.340 e. The third kappa shape index (κ3) is 5.58. The van der Waals surface area contributed by atoms with Crippen LogP contribution in [-0.2, 0) is 29.6 Å².